The molecule has 3 rings (SSSR count). The van der Waals surface area contributed by atoms with Crippen molar-refractivity contribution in [3.63, 3.8) is 0 Å². The van der Waals surface area contributed by atoms with Gasteiger partial charge in [-0.05, 0) is 24.6 Å². The molecule has 22 heavy (non-hydrogen) atoms. The number of carbonyl (C=O) groups is 2. The second-order valence-corrected chi connectivity index (χ2v) is 4.65. The maximum Gasteiger partial charge on any atom is 0.369 e. The van der Waals surface area contributed by atoms with Crippen molar-refractivity contribution >= 4 is 22.8 Å². The van der Waals surface area contributed by atoms with Crippen molar-refractivity contribution < 1.29 is 19.5 Å². The fourth-order valence-corrected chi connectivity index (χ4v) is 2.12. The van der Waals surface area contributed by atoms with E-state index in [2.05, 4.69) is 20.4 Å². The summed E-state index contributed by atoms with van der Waals surface area (Å²) in [6.45, 7) is 2.25. The Morgan fingerprint density at radius 2 is 2.18 bits per heavy atom. The van der Waals surface area contributed by atoms with Crippen LogP contribution in [0.4, 0.5) is 4.79 Å². The molecule has 8 heteroatoms. The van der Waals surface area contributed by atoms with E-state index >= 15 is 0 Å². The molecule has 0 atom stereocenters. The van der Waals surface area contributed by atoms with Crippen LogP contribution in [0.2, 0.25) is 0 Å². The van der Waals surface area contributed by atoms with Crippen molar-refractivity contribution in [3.8, 4) is 5.75 Å². The molecule has 3 amide bonds. The van der Waals surface area contributed by atoms with Gasteiger partial charge in [-0.2, -0.15) is 9.98 Å². The largest absolute Gasteiger partial charge is 0.508 e. The van der Waals surface area contributed by atoms with E-state index in [1.54, 1.807) is 0 Å². The van der Waals surface area contributed by atoms with Gasteiger partial charge < -0.3 is 5.11 Å². The quantitative estimate of drug-likeness (QED) is 0.626. The lowest BCUT2D eigenvalue weighted by atomic mass is 10.1. The molecule has 1 aromatic carbocycles. The van der Waals surface area contributed by atoms with E-state index in [0.29, 0.717) is 17.5 Å². The van der Waals surface area contributed by atoms with Crippen LogP contribution in [0, 0.1) is 0 Å². The average Bonchev–Trinajstić information content (AvgIpc) is 2.84. The molecule has 1 aromatic heterocycles. The maximum atomic E-state index is 12.4. The summed E-state index contributed by atoms with van der Waals surface area (Å²) in [6.07, 6.45) is 0.731. The molecule has 0 spiro atoms. The first-order valence-corrected chi connectivity index (χ1v) is 6.66. The minimum Gasteiger partial charge on any atom is -0.508 e. The number of aromatic hydroxyl groups is 1. The number of urea groups is 1. The first kappa shape index (κ1) is 14.1. The third-order valence-corrected chi connectivity index (χ3v) is 3.03. The number of hydroxylamine groups is 1. The molecule has 2 heterocycles. The van der Waals surface area contributed by atoms with Crippen LogP contribution in [0.5, 0.6) is 5.75 Å². The number of aromatic nitrogens is 1. The summed E-state index contributed by atoms with van der Waals surface area (Å²) in [5, 5.41) is 10.1. The molecule has 0 fully saturated rings. The molecule has 0 aliphatic carbocycles. The number of fused-ring (bicyclic) bond motifs is 2. The maximum absolute atomic E-state index is 12.4. The van der Waals surface area contributed by atoms with Gasteiger partial charge in [-0.15, -0.1) is 0 Å². The van der Waals surface area contributed by atoms with Gasteiger partial charge in [-0.25, -0.2) is 15.3 Å². The minimum absolute atomic E-state index is 0.0287. The van der Waals surface area contributed by atoms with Gasteiger partial charge in [0.1, 0.15) is 11.1 Å². The summed E-state index contributed by atoms with van der Waals surface area (Å²) in [7, 11) is 0. The van der Waals surface area contributed by atoms with E-state index in [0.717, 1.165) is 6.42 Å². The highest BCUT2D eigenvalue weighted by molar-refractivity contribution is 6.06. The molecule has 2 N–H and O–H groups in total. The molecule has 0 saturated carbocycles. The van der Waals surface area contributed by atoms with Crippen LogP contribution in [0.3, 0.4) is 0 Å². The summed E-state index contributed by atoms with van der Waals surface area (Å²) in [4.78, 5) is 40.3. The standard InChI is InChI=1S/C14H12N4O4/c1-2-5-22-18-13(20)10-8-6-7(19)3-4-9(8)15-12-11(10)16-14(21)17-12/h3-4,6,19H,2,5H2,1H3,(H,18,20). The Kier molecular flexibility index (Phi) is 3.51. The highest BCUT2D eigenvalue weighted by Gasteiger charge is 2.20. The van der Waals surface area contributed by atoms with Gasteiger partial charge in [0.05, 0.1) is 17.7 Å². The van der Waals surface area contributed by atoms with Crippen LogP contribution >= 0.6 is 0 Å². The zero-order valence-electron chi connectivity index (χ0n) is 11.7. The van der Waals surface area contributed by atoms with Gasteiger partial charge >= 0.3 is 6.03 Å². The van der Waals surface area contributed by atoms with E-state index in [9.17, 15) is 14.7 Å². The number of carbonyl (C=O) groups excluding carboxylic acids is 2. The van der Waals surface area contributed by atoms with Crippen LogP contribution in [-0.2, 0) is 4.84 Å². The number of nitrogens with one attached hydrogen (secondary N) is 1. The highest BCUT2D eigenvalue weighted by Crippen LogP contribution is 2.19. The SMILES string of the molecule is CCCONC(=O)c1c2c(nc3ccc(O)cc13)=NC(=O)N=2. The Labute approximate surface area is 124 Å². The summed E-state index contributed by atoms with van der Waals surface area (Å²) < 4.78 is 0. The zero-order chi connectivity index (χ0) is 15.7. The Morgan fingerprint density at radius 1 is 1.36 bits per heavy atom. The van der Waals surface area contributed by atoms with Crippen LogP contribution in [-0.4, -0.2) is 28.6 Å². The average molecular weight is 300 g/mol. The van der Waals surface area contributed by atoms with E-state index in [1.807, 2.05) is 6.92 Å². The summed E-state index contributed by atoms with van der Waals surface area (Å²) in [5.41, 5.74) is 2.90. The molecular weight excluding hydrogens is 288 g/mol. The number of hydrogen-bond donors (Lipinski definition) is 2. The Hall–Kier alpha value is -2.87. The lowest BCUT2D eigenvalue weighted by molar-refractivity contribution is 0.0315. The number of phenols is 1. The number of phenolic OH excluding ortho intramolecular Hbond substituents is 1. The van der Waals surface area contributed by atoms with Crippen molar-refractivity contribution in [2.45, 2.75) is 13.3 Å². The van der Waals surface area contributed by atoms with Crippen LogP contribution in [0.1, 0.15) is 23.7 Å². The van der Waals surface area contributed by atoms with Gasteiger partial charge in [0.15, 0.2) is 5.49 Å². The third-order valence-electron chi connectivity index (χ3n) is 3.03. The molecule has 0 bridgehead atoms. The van der Waals surface area contributed by atoms with Gasteiger partial charge in [0.25, 0.3) is 5.91 Å². The fourth-order valence-electron chi connectivity index (χ4n) is 2.12. The van der Waals surface area contributed by atoms with Crippen molar-refractivity contribution in [2.24, 2.45) is 9.98 Å². The normalized spacial score (nSPS) is 12.7. The second kappa shape index (κ2) is 5.49. The highest BCUT2D eigenvalue weighted by atomic mass is 16.6. The third kappa shape index (κ3) is 2.40. The number of nitrogens with zero attached hydrogens (tertiary/aromatic N) is 3. The van der Waals surface area contributed by atoms with Crippen molar-refractivity contribution in [1.29, 1.82) is 0 Å². The van der Waals surface area contributed by atoms with E-state index in [1.165, 1.54) is 18.2 Å². The van der Waals surface area contributed by atoms with Crippen LogP contribution < -0.4 is 16.3 Å². The van der Waals surface area contributed by atoms with Crippen molar-refractivity contribution in [2.75, 3.05) is 6.61 Å². The first-order valence-electron chi connectivity index (χ1n) is 6.66. The van der Waals surface area contributed by atoms with Crippen LogP contribution in [0.25, 0.3) is 10.9 Å². The minimum atomic E-state index is -0.717. The zero-order valence-corrected chi connectivity index (χ0v) is 11.7. The van der Waals surface area contributed by atoms with E-state index < -0.39 is 11.9 Å². The van der Waals surface area contributed by atoms with Gasteiger partial charge in [0, 0.05) is 5.39 Å². The Bertz CT molecular complexity index is 907. The number of pyridine rings is 1. The summed E-state index contributed by atoms with van der Waals surface area (Å²) in [6, 6.07) is 3.64. The van der Waals surface area contributed by atoms with Crippen molar-refractivity contribution in [1.82, 2.24) is 10.5 Å². The first-order chi connectivity index (χ1) is 10.6. The lowest BCUT2D eigenvalue weighted by Gasteiger charge is -2.07. The molecule has 1 aliphatic heterocycles. The Morgan fingerprint density at radius 3 is 2.95 bits per heavy atom. The molecule has 0 radical (unpaired) electrons. The molecule has 8 nitrogen and oxygen atoms in total. The molecular formula is C14H12N4O4. The molecule has 0 unspecified atom stereocenters. The molecule has 0 saturated heterocycles. The summed E-state index contributed by atoms with van der Waals surface area (Å²) in [5.74, 6) is -0.601. The molecule has 1 aliphatic rings. The lowest BCUT2D eigenvalue weighted by Crippen LogP contribution is -2.37. The number of amides is 3. The van der Waals surface area contributed by atoms with Gasteiger partial charge in [-0.3, -0.25) is 9.63 Å². The molecule has 112 valence electrons. The Balaban J connectivity index is 2.23. The predicted molar refractivity (Wildman–Crippen MR) is 74.8 cm³/mol. The smallest absolute Gasteiger partial charge is 0.369 e. The van der Waals surface area contributed by atoms with Gasteiger partial charge in [0.2, 0.25) is 0 Å². The predicted octanol–water partition coefficient (Wildman–Crippen LogP) is 0.385. The number of benzene rings is 1. The number of hydrogen-bond acceptors (Lipinski definition) is 5. The van der Waals surface area contributed by atoms with Gasteiger partial charge in [-0.1, -0.05) is 6.92 Å². The van der Waals surface area contributed by atoms with E-state index in [-0.39, 0.29) is 22.2 Å². The van der Waals surface area contributed by atoms with Crippen LogP contribution in [0.15, 0.2) is 28.2 Å². The monoisotopic (exact) mass is 300 g/mol. The number of rotatable bonds is 4. The topological polar surface area (TPSA) is 113 Å². The van der Waals surface area contributed by atoms with Crippen molar-refractivity contribution in [3.05, 3.63) is 34.6 Å². The fraction of sp³-hybridized carbons (Fsp3) is 0.214. The summed E-state index contributed by atoms with van der Waals surface area (Å²) >= 11 is 0. The van der Waals surface area contributed by atoms with E-state index in [4.69, 9.17) is 4.84 Å². The molecule has 2 aromatic rings. The second-order valence-electron chi connectivity index (χ2n) is 4.65.